The van der Waals surface area contributed by atoms with Gasteiger partial charge in [0.15, 0.2) is 0 Å². The Morgan fingerprint density at radius 1 is 1.30 bits per heavy atom. The molecular weight excluding hydrogens is 278 g/mol. The number of sulfone groups is 1. The summed E-state index contributed by atoms with van der Waals surface area (Å²) >= 11 is 0. The van der Waals surface area contributed by atoms with E-state index >= 15 is 0 Å². The predicted molar refractivity (Wildman–Crippen MR) is 79.9 cm³/mol. The summed E-state index contributed by atoms with van der Waals surface area (Å²) in [6, 6.07) is 7.62. The van der Waals surface area contributed by atoms with E-state index in [1.807, 2.05) is 31.2 Å². The van der Waals surface area contributed by atoms with Gasteiger partial charge in [-0.25, -0.2) is 8.42 Å². The first kappa shape index (κ1) is 16.9. The van der Waals surface area contributed by atoms with Crippen molar-refractivity contribution in [2.45, 2.75) is 19.4 Å². The molecule has 0 saturated heterocycles. The molecule has 0 heterocycles. The van der Waals surface area contributed by atoms with Crippen LogP contribution in [-0.4, -0.2) is 51.3 Å². The smallest absolute Gasteiger partial charge is 0.147 e. The van der Waals surface area contributed by atoms with E-state index < -0.39 is 15.9 Å². The second-order valence-corrected chi connectivity index (χ2v) is 7.23. The Kier molecular flexibility index (Phi) is 6.98. The van der Waals surface area contributed by atoms with Crippen molar-refractivity contribution in [2.24, 2.45) is 0 Å². The third-order valence-corrected chi connectivity index (χ3v) is 3.74. The van der Waals surface area contributed by atoms with E-state index in [0.29, 0.717) is 19.5 Å². The van der Waals surface area contributed by atoms with Crippen LogP contribution in [0.4, 0.5) is 0 Å². The molecule has 0 aliphatic heterocycles. The van der Waals surface area contributed by atoms with Crippen LogP contribution in [0, 0.1) is 6.92 Å². The molecule has 0 fully saturated rings. The summed E-state index contributed by atoms with van der Waals surface area (Å²) < 4.78 is 27.3. The van der Waals surface area contributed by atoms with Crippen LogP contribution in [0.1, 0.15) is 12.0 Å². The van der Waals surface area contributed by atoms with Crippen molar-refractivity contribution < 1.29 is 18.3 Å². The number of hydrogen-bond donors (Lipinski definition) is 2. The molecule has 0 aliphatic rings. The number of ether oxygens (including phenoxy) is 1. The molecule has 1 aromatic carbocycles. The topological polar surface area (TPSA) is 75.6 Å². The van der Waals surface area contributed by atoms with Gasteiger partial charge in [-0.2, -0.15) is 0 Å². The largest absolute Gasteiger partial charge is 0.491 e. The summed E-state index contributed by atoms with van der Waals surface area (Å²) in [7, 11) is -2.90. The van der Waals surface area contributed by atoms with Crippen molar-refractivity contribution in [2.75, 3.05) is 31.7 Å². The van der Waals surface area contributed by atoms with Crippen molar-refractivity contribution in [3.63, 3.8) is 0 Å². The molecule has 1 rings (SSSR count). The zero-order valence-corrected chi connectivity index (χ0v) is 12.8. The third kappa shape index (κ3) is 8.14. The fourth-order valence-electron chi connectivity index (χ4n) is 1.61. The van der Waals surface area contributed by atoms with E-state index in [9.17, 15) is 13.5 Å². The predicted octanol–water partition coefficient (Wildman–Crippen LogP) is 0.759. The molecule has 0 radical (unpaired) electrons. The van der Waals surface area contributed by atoms with Gasteiger partial charge in [-0.15, -0.1) is 0 Å². The molecular formula is C14H23NO4S. The van der Waals surface area contributed by atoms with Gasteiger partial charge >= 0.3 is 0 Å². The molecule has 1 atom stereocenters. The van der Waals surface area contributed by atoms with Crippen molar-refractivity contribution in [3.8, 4) is 5.75 Å². The number of nitrogens with one attached hydrogen (secondary N) is 1. The number of aliphatic hydroxyl groups is 1. The normalized spacial score (nSPS) is 13.2. The van der Waals surface area contributed by atoms with Crippen molar-refractivity contribution >= 4 is 9.84 Å². The van der Waals surface area contributed by atoms with Gasteiger partial charge in [-0.3, -0.25) is 0 Å². The van der Waals surface area contributed by atoms with E-state index in [4.69, 9.17) is 4.74 Å². The minimum atomic E-state index is -2.90. The van der Waals surface area contributed by atoms with Crippen LogP contribution in [-0.2, 0) is 9.84 Å². The molecule has 1 unspecified atom stereocenters. The van der Waals surface area contributed by atoms with E-state index in [2.05, 4.69) is 5.32 Å². The lowest BCUT2D eigenvalue weighted by Crippen LogP contribution is -2.32. The number of benzene rings is 1. The van der Waals surface area contributed by atoms with Crippen molar-refractivity contribution in [1.29, 1.82) is 0 Å². The molecule has 0 spiro atoms. The summed E-state index contributed by atoms with van der Waals surface area (Å²) in [5.41, 5.74) is 1.16. The zero-order valence-electron chi connectivity index (χ0n) is 12.0. The number of rotatable bonds is 9. The highest BCUT2D eigenvalue weighted by Crippen LogP contribution is 2.11. The van der Waals surface area contributed by atoms with Crippen molar-refractivity contribution in [1.82, 2.24) is 5.32 Å². The van der Waals surface area contributed by atoms with Crippen LogP contribution in [0.5, 0.6) is 5.75 Å². The van der Waals surface area contributed by atoms with Crippen LogP contribution in [0.15, 0.2) is 24.3 Å². The highest BCUT2D eigenvalue weighted by molar-refractivity contribution is 7.90. The molecule has 0 aromatic heterocycles. The molecule has 0 saturated carbocycles. The number of aliphatic hydroxyl groups excluding tert-OH is 1. The van der Waals surface area contributed by atoms with Crippen LogP contribution < -0.4 is 10.1 Å². The molecule has 0 amide bonds. The lowest BCUT2D eigenvalue weighted by Gasteiger charge is -2.13. The van der Waals surface area contributed by atoms with Gasteiger partial charge in [0, 0.05) is 12.8 Å². The Morgan fingerprint density at radius 2 is 1.95 bits per heavy atom. The quantitative estimate of drug-likeness (QED) is 0.659. The molecule has 5 nitrogen and oxygen atoms in total. The summed E-state index contributed by atoms with van der Waals surface area (Å²) in [6.45, 7) is 3.16. The fourth-order valence-corrected chi connectivity index (χ4v) is 2.28. The van der Waals surface area contributed by atoms with E-state index in [0.717, 1.165) is 11.3 Å². The maximum absolute atomic E-state index is 10.9. The molecule has 6 heteroatoms. The van der Waals surface area contributed by atoms with Gasteiger partial charge < -0.3 is 15.2 Å². The van der Waals surface area contributed by atoms with Crippen molar-refractivity contribution in [3.05, 3.63) is 29.8 Å². The van der Waals surface area contributed by atoms with Crippen LogP contribution in [0.3, 0.4) is 0 Å². The highest BCUT2D eigenvalue weighted by Gasteiger charge is 2.06. The average Bonchev–Trinajstić information content (AvgIpc) is 2.36. The van der Waals surface area contributed by atoms with Gasteiger partial charge in [0.05, 0.1) is 5.75 Å². The lowest BCUT2D eigenvalue weighted by molar-refractivity contribution is 0.106. The zero-order chi connectivity index (χ0) is 15.0. The Hall–Kier alpha value is -1.11. The second-order valence-electron chi connectivity index (χ2n) is 4.97. The first-order valence-electron chi connectivity index (χ1n) is 6.63. The van der Waals surface area contributed by atoms with Crippen LogP contribution in [0.25, 0.3) is 0 Å². The summed E-state index contributed by atoms with van der Waals surface area (Å²) in [5, 5.41) is 12.7. The molecule has 1 aromatic rings. The van der Waals surface area contributed by atoms with Gasteiger partial charge in [-0.05, 0) is 32.0 Å². The summed E-state index contributed by atoms with van der Waals surface area (Å²) in [4.78, 5) is 0. The van der Waals surface area contributed by atoms with E-state index in [-0.39, 0.29) is 12.4 Å². The van der Waals surface area contributed by atoms with E-state index in [1.54, 1.807) is 0 Å². The third-order valence-electron chi connectivity index (χ3n) is 2.71. The van der Waals surface area contributed by atoms with Gasteiger partial charge in [0.25, 0.3) is 0 Å². The summed E-state index contributed by atoms with van der Waals surface area (Å²) in [5.74, 6) is 0.891. The second kappa shape index (κ2) is 8.24. The minimum absolute atomic E-state index is 0.163. The Balaban J connectivity index is 2.11. The molecule has 114 valence electrons. The average molecular weight is 301 g/mol. The van der Waals surface area contributed by atoms with E-state index in [1.165, 1.54) is 6.26 Å². The SMILES string of the molecule is Cc1ccc(OCC(O)CNCCCS(C)(=O)=O)cc1. The van der Waals surface area contributed by atoms with Crippen LogP contribution >= 0.6 is 0 Å². The molecule has 0 bridgehead atoms. The lowest BCUT2D eigenvalue weighted by atomic mass is 10.2. The van der Waals surface area contributed by atoms with Crippen LogP contribution in [0.2, 0.25) is 0 Å². The Labute approximate surface area is 120 Å². The van der Waals surface area contributed by atoms with Gasteiger partial charge in [0.2, 0.25) is 0 Å². The maximum Gasteiger partial charge on any atom is 0.147 e. The molecule has 2 N–H and O–H groups in total. The van der Waals surface area contributed by atoms with Gasteiger partial charge in [-0.1, -0.05) is 17.7 Å². The monoisotopic (exact) mass is 301 g/mol. The first-order chi connectivity index (χ1) is 9.37. The Morgan fingerprint density at radius 3 is 2.55 bits per heavy atom. The number of aryl methyl sites for hydroxylation is 1. The fraction of sp³-hybridized carbons (Fsp3) is 0.571. The molecule has 20 heavy (non-hydrogen) atoms. The maximum atomic E-state index is 10.9. The van der Waals surface area contributed by atoms with Gasteiger partial charge in [0.1, 0.15) is 28.3 Å². The Bertz CT molecular complexity index is 484. The summed E-state index contributed by atoms with van der Waals surface area (Å²) in [6.07, 6.45) is 1.15. The molecule has 0 aliphatic carbocycles. The standard InChI is InChI=1S/C14H23NO4S/c1-12-4-6-14(7-5-12)19-11-13(16)10-15-8-3-9-20(2,17)18/h4-7,13,15-16H,3,8-11H2,1-2H3. The first-order valence-corrected chi connectivity index (χ1v) is 8.69. The minimum Gasteiger partial charge on any atom is -0.491 e. The highest BCUT2D eigenvalue weighted by atomic mass is 32.2. The number of hydrogen-bond acceptors (Lipinski definition) is 5.